The number of carbonyl (C=O) groups excluding carboxylic acids is 2. The van der Waals surface area contributed by atoms with Gasteiger partial charge in [0, 0.05) is 39.6 Å². The summed E-state index contributed by atoms with van der Waals surface area (Å²) in [5.41, 5.74) is 1.77. The smallest absolute Gasteiger partial charge is 0.472 e. The molecule has 0 aliphatic carbocycles. The third kappa shape index (κ3) is 15.8. The van der Waals surface area contributed by atoms with Gasteiger partial charge in [-0.05, 0) is 177 Å². The number of phosphoric acid groups is 1. The first kappa shape index (κ1) is 45.6. The number of benzene rings is 2. The number of methoxy groups -OCH3 is 2. The molecule has 1 unspecified atom stereocenters. The van der Waals surface area contributed by atoms with Crippen molar-refractivity contribution in [1.82, 2.24) is 16.0 Å². The first-order valence-corrected chi connectivity index (χ1v) is 22.6. The van der Waals surface area contributed by atoms with Gasteiger partial charge in [0.15, 0.2) is 0 Å². The first-order chi connectivity index (χ1) is 22.4. The van der Waals surface area contributed by atoms with Crippen molar-refractivity contribution in [1.29, 1.82) is 0 Å². The monoisotopic (exact) mass is 1360 g/mol. The number of ether oxygens (including phenoxy) is 2. The van der Waals surface area contributed by atoms with E-state index in [1.54, 1.807) is 14.2 Å². The van der Waals surface area contributed by atoms with Crippen molar-refractivity contribution >= 4 is 155 Å². The third-order valence-electron chi connectivity index (χ3n) is 6.54. The van der Waals surface area contributed by atoms with E-state index in [0.717, 1.165) is 44.0 Å². The van der Waals surface area contributed by atoms with E-state index in [9.17, 15) is 19.0 Å². The summed E-state index contributed by atoms with van der Waals surface area (Å²) < 4.78 is 40.2. The van der Waals surface area contributed by atoms with Crippen LogP contribution in [0.3, 0.4) is 0 Å². The van der Waals surface area contributed by atoms with Crippen LogP contribution in [0.2, 0.25) is 0 Å². The molecular weight excluding hydrogens is 1320 g/mol. The lowest BCUT2D eigenvalue weighted by Crippen LogP contribution is -2.46. The van der Waals surface area contributed by atoms with Crippen molar-refractivity contribution in [2.45, 2.75) is 52.5 Å². The molecule has 11 nitrogen and oxygen atoms in total. The van der Waals surface area contributed by atoms with Crippen molar-refractivity contribution < 1.29 is 37.6 Å². The minimum Gasteiger partial charge on any atom is -0.495 e. The summed E-state index contributed by atoms with van der Waals surface area (Å²) in [6, 6.07) is 3.44. The zero-order valence-electron chi connectivity index (χ0n) is 27.1. The zero-order chi connectivity index (χ0) is 36.2. The quantitative estimate of drug-likeness (QED) is 0.0649. The van der Waals surface area contributed by atoms with Gasteiger partial charge in [0.2, 0.25) is 11.8 Å². The van der Waals surface area contributed by atoms with Crippen LogP contribution in [0, 0.1) is 26.8 Å². The van der Waals surface area contributed by atoms with Crippen LogP contribution in [0.1, 0.15) is 44.7 Å². The molecule has 0 saturated carbocycles. The van der Waals surface area contributed by atoms with Crippen molar-refractivity contribution in [3.63, 3.8) is 0 Å². The molecule has 2 aromatic rings. The van der Waals surface area contributed by atoms with Crippen LogP contribution in [0.25, 0.3) is 0 Å². The average Bonchev–Trinajstić information content (AvgIpc) is 2.98. The maximum atomic E-state index is 13.1. The maximum Gasteiger partial charge on any atom is 0.472 e. The van der Waals surface area contributed by atoms with Gasteiger partial charge in [0.05, 0.1) is 47.8 Å². The molecule has 0 spiro atoms. The number of halogens is 6. The van der Waals surface area contributed by atoms with E-state index in [-0.39, 0.29) is 43.4 Å². The van der Waals surface area contributed by atoms with E-state index in [4.69, 9.17) is 18.5 Å². The number of amides is 2. The molecular formula is C30H40I6N3O8P. The van der Waals surface area contributed by atoms with Gasteiger partial charge in [-0.2, -0.15) is 0 Å². The molecule has 270 valence electrons. The molecule has 0 fully saturated rings. The van der Waals surface area contributed by atoms with Crippen LogP contribution in [0.4, 0.5) is 0 Å². The predicted molar refractivity (Wildman–Crippen MR) is 238 cm³/mol. The molecule has 4 N–H and O–H groups in total. The molecule has 0 heterocycles. The van der Waals surface area contributed by atoms with E-state index in [2.05, 4.69) is 151 Å². The number of carbonyl (C=O) groups is 2. The average molecular weight is 1360 g/mol. The molecule has 0 aliphatic heterocycles. The van der Waals surface area contributed by atoms with Gasteiger partial charge in [-0.15, -0.1) is 0 Å². The molecule has 2 rings (SSSR count). The van der Waals surface area contributed by atoms with Gasteiger partial charge in [-0.1, -0.05) is 20.8 Å². The number of phosphoric ester groups is 1. The lowest BCUT2D eigenvalue weighted by atomic mass is 9.99. The molecule has 2 aromatic carbocycles. The minimum absolute atomic E-state index is 0.0297. The first-order valence-electron chi connectivity index (χ1n) is 14.7. The fourth-order valence-corrected chi connectivity index (χ4v) is 13.8. The minimum atomic E-state index is -4.34. The predicted octanol–water partition coefficient (Wildman–Crippen LogP) is 7.27. The van der Waals surface area contributed by atoms with E-state index >= 15 is 0 Å². The second kappa shape index (κ2) is 22.0. The molecule has 0 aliphatic rings. The van der Waals surface area contributed by atoms with Gasteiger partial charge in [-0.3, -0.25) is 18.6 Å². The molecule has 0 saturated heterocycles. The summed E-state index contributed by atoms with van der Waals surface area (Å²) in [7, 11) is -1.07. The van der Waals surface area contributed by atoms with Crippen LogP contribution in [0.5, 0.6) is 11.5 Å². The van der Waals surface area contributed by atoms with E-state index in [0.29, 0.717) is 32.4 Å². The largest absolute Gasteiger partial charge is 0.495 e. The normalized spacial score (nSPS) is 13.5. The highest BCUT2D eigenvalue weighted by atomic mass is 127. The SMILES string of the molecule is COc1c(I)cc(I)c(CCC(=O)NCCNC[C@H](COP(=O)(O)OCC(C)(C)C)NC(=O)CCc2c(I)cc(I)c(OC)c2I)c1I. The highest BCUT2D eigenvalue weighted by molar-refractivity contribution is 14.1. The van der Waals surface area contributed by atoms with Crippen molar-refractivity contribution in [2.75, 3.05) is 47.1 Å². The van der Waals surface area contributed by atoms with Gasteiger partial charge < -0.3 is 30.3 Å². The fraction of sp³-hybridized carbons (Fsp3) is 0.533. The summed E-state index contributed by atoms with van der Waals surface area (Å²) in [5.74, 6) is 1.29. The number of hydrogen-bond acceptors (Lipinski definition) is 8. The Bertz CT molecular complexity index is 1480. The Kier molecular flexibility index (Phi) is 20.9. The van der Waals surface area contributed by atoms with Crippen LogP contribution in [-0.4, -0.2) is 69.8 Å². The Hall–Kier alpha value is 1.43. The van der Waals surface area contributed by atoms with Gasteiger partial charge in [0.25, 0.3) is 0 Å². The second-order valence-corrected chi connectivity index (χ2v) is 20.0. The lowest BCUT2D eigenvalue weighted by Gasteiger charge is -2.23. The zero-order valence-corrected chi connectivity index (χ0v) is 41.0. The number of rotatable bonds is 19. The highest BCUT2D eigenvalue weighted by Crippen LogP contribution is 2.44. The molecule has 2 amide bonds. The Morgan fingerprint density at radius 1 is 0.812 bits per heavy atom. The van der Waals surface area contributed by atoms with Crippen LogP contribution >= 0.6 is 143 Å². The summed E-state index contributed by atoms with van der Waals surface area (Å²) in [6.07, 6.45) is 1.60. The highest BCUT2D eigenvalue weighted by Gasteiger charge is 2.27. The molecule has 2 atom stereocenters. The van der Waals surface area contributed by atoms with E-state index < -0.39 is 13.9 Å². The van der Waals surface area contributed by atoms with E-state index in [1.165, 1.54) is 0 Å². The number of hydrogen-bond donors (Lipinski definition) is 4. The summed E-state index contributed by atoms with van der Waals surface area (Å²) in [4.78, 5) is 35.9. The van der Waals surface area contributed by atoms with Crippen LogP contribution < -0.4 is 25.4 Å². The Morgan fingerprint density at radius 3 is 1.79 bits per heavy atom. The van der Waals surface area contributed by atoms with Crippen molar-refractivity contribution in [2.24, 2.45) is 5.41 Å². The van der Waals surface area contributed by atoms with E-state index in [1.807, 2.05) is 32.9 Å². The van der Waals surface area contributed by atoms with Crippen LogP contribution in [0.15, 0.2) is 12.1 Å². The number of nitrogens with one attached hydrogen (secondary N) is 3. The molecule has 18 heteroatoms. The Morgan fingerprint density at radius 2 is 1.31 bits per heavy atom. The standard InChI is InChI=1S/C30H40I6N3O8P/c1-30(2,3)16-47-48(42,43)46-15-17(39-25(41)9-7-19-21(32)13-23(34)29(45-5)27(19)36)14-37-10-11-38-24(40)8-6-18-20(31)12-22(33)28(44-4)26(18)35/h12-13,17,37H,6-11,14-16H2,1-5H3,(H,38,40)(H,39,41)(H,42,43)/t17-/m1/s1. The second-order valence-electron chi connectivity index (χ2n) is 11.7. The third-order valence-corrected chi connectivity index (χ3v) is 13.3. The molecule has 0 radical (unpaired) electrons. The van der Waals surface area contributed by atoms with Gasteiger partial charge >= 0.3 is 7.82 Å². The van der Waals surface area contributed by atoms with Gasteiger partial charge in [0.1, 0.15) is 11.5 Å². The molecule has 0 bridgehead atoms. The van der Waals surface area contributed by atoms with Gasteiger partial charge in [-0.25, -0.2) is 4.57 Å². The van der Waals surface area contributed by atoms with Crippen LogP contribution in [-0.2, 0) is 36.0 Å². The summed E-state index contributed by atoms with van der Waals surface area (Å²) >= 11 is 13.5. The van der Waals surface area contributed by atoms with Crippen molar-refractivity contribution in [3.05, 3.63) is 44.7 Å². The molecule has 0 aromatic heterocycles. The molecule has 48 heavy (non-hydrogen) atoms. The fourth-order valence-electron chi connectivity index (χ4n) is 4.13. The maximum absolute atomic E-state index is 13.1. The van der Waals surface area contributed by atoms with Crippen molar-refractivity contribution in [3.8, 4) is 11.5 Å². The summed E-state index contributed by atoms with van der Waals surface area (Å²) in [6.45, 7) is 6.45. The Balaban J connectivity index is 1.95. The Labute approximate surface area is 364 Å². The topological polar surface area (TPSA) is 144 Å². The summed E-state index contributed by atoms with van der Waals surface area (Å²) in [5, 5.41) is 9.05. The lowest BCUT2D eigenvalue weighted by molar-refractivity contribution is -0.122.